The second kappa shape index (κ2) is 8.65. The first-order valence-electron chi connectivity index (χ1n) is 8.31. The molecule has 1 saturated carbocycles. The van der Waals surface area contributed by atoms with E-state index >= 15 is 0 Å². The van der Waals surface area contributed by atoms with Crippen LogP contribution in [0.3, 0.4) is 0 Å². The second-order valence-electron chi connectivity index (χ2n) is 6.90. The van der Waals surface area contributed by atoms with Crippen LogP contribution in [-0.2, 0) is 14.8 Å². The molecule has 0 aromatic rings. The molecule has 2 fully saturated rings. The van der Waals surface area contributed by atoms with Crippen LogP contribution in [0.25, 0.3) is 0 Å². The normalized spacial score (nSPS) is 32.2. The Morgan fingerprint density at radius 1 is 1.17 bits per heavy atom. The van der Waals surface area contributed by atoms with Gasteiger partial charge in [-0.25, -0.2) is 13.1 Å². The average molecular weight is 368 g/mol. The van der Waals surface area contributed by atoms with E-state index in [1.807, 2.05) is 13.8 Å². The van der Waals surface area contributed by atoms with Crippen molar-refractivity contribution in [3.63, 3.8) is 0 Å². The van der Waals surface area contributed by atoms with Gasteiger partial charge in [-0.1, -0.05) is 6.92 Å². The number of piperazine rings is 1. The van der Waals surface area contributed by atoms with E-state index in [1.54, 1.807) is 4.90 Å². The predicted molar refractivity (Wildman–Crippen MR) is 94.2 cm³/mol. The van der Waals surface area contributed by atoms with Gasteiger partial charge in [-0.05, 0) is 45.4 Å². The number of hydrogen-bond donors (Lipinski definition) is 2. The van der Waals surface area contributed by atoms with E-state index in [2.05, 4.69) is 17.0 Å². The number of rotatable bonds is 4. The molecular weight excluding hydrogens is 338 g/mol. The highest BCUT2D eigenvalue weighted by Crippen LogP contribution is 2.24. The van der Waals surface area contributed by atoms with Crippen molar-refractivity contribution in [2.45, 2.75) is 64.6 Å². The molecule has 8 heteroatoms. The summed E-state index contributed by atoms with van der Waals surface area (Å²) >= 11 is 0. The van der Waals surface area contributed by atoms with E-state index in [-0.39, 0.29) is 36.4 Å². The molecule has 2 aliphatic rings. The van der Waals surface area contributed by atoms with Crippen molar-refractivity contribution >= 4 is 28.3 Å². The molecule has 2 unspecified atom stereocenters. The van der Waals surface area contributed by atoms with Crippen molar-refractivity contribution < 1.29 is 13.2 Å². The fraction of sp³-hybridized carbons (Fsp3) is 0.933. The summed E-state index contributed by atoms with van der Waals surface area (Å²) in [6.45, 7) is 7.45. The van der Waals surface area contributed by atoms with Gasteiger partial charge in [0.05, 0.1) is 0 Å². The van der Waals surface area contributed by atoms with Crippen molar-refractivity contribution in [1.29, 1.82) is 0 Å². The lowest BCUT2D eigenvalue weighted by atomic mass is 9.88. The molecule has 2 atom stereocenters. The summed E-state index contributed by atoms with van der Waals surface area (Å²) in [5.41, 5.74) is 0. The van der Waals surface area contributed by atoms with Crippen LogP contribution in [-0.4, -0.2) is 56.2 Å². The molecule has 6 nitrogen and oxygen atoms in total. The van der Waals surface area contributed by atoms with E-state index in [0.29, 0.717) is 19.0 Å². The third kappa shape index (κ3) is 5.89. The molecule has 2 rings (SSSR count). The molecule has 1 saturated heterocycles. The van der Waals surface area contributed by atoms with Gasteiger partial charge >= 0.3 is 0 Å². The van der Waals surface area contributed by atoms with Gasteiger partial charge < -0.3 is 10.2 Å². The number of carbonyl (C=O) groups excluding carboxylic acids is 1. The third-order valence-corrected chi connectivity index (χ3v) is 6.35. The molecule has 1 amide bonds. The number of amides is 1. The fourth-order valence-electron chi connectivity index (χ4n) is 3.33. The smallest absolute Gasteiger partial charge is 0.239 e. The van der Waals surface area contributed by atoms with Crippen LogP contribution in [0.1, 0.15) is 46.5 Å². The summed E-state index contributed by atoms with van der Waals surface area (Å²) in [5.74, 6) is -0.0565. The monoisotopic (exact) mass is 367 g/mol. The Balaban J connectivity index is 0.00000264. The Morgan fingerprint density at radius 2 is 1.78 bits per heavy atom. The van der Waals surface area contributed by atoms with E-state index in [9.17, 15) is 13.2 Å². The molecule has 0 aromatic carbocycles. The van der Waals surface area contributed by atoms with Crippen molar-refractivity contribution in [2.75, 3.05) is 18.8 Å². The number of nitrogens with one attached hydrogen (secondary N) is 2. The Morgan fingerprint density at radius 3 is 2.39 bits per heavy atom. The zero-order chi connectivity index (χ0) is 16.3. The zero-order valence-corrected chi connectivity index (χ0v) is 15.9. The highest BCUT2D eigenvalue weighted by molar-refractivity contribution is 7.90. The van der Waals surface area contributed by atoms with Crippen molar-refractivity contribution in [3.05, 3.63) is 0 Å². The number of carbonyl (C=O) groups is 1. The summed E-state index contributed by atoms with van der Waals surface area (Å²) in [4.78, 5) is 14.0. The quantitative estimate of drug-likeness (QED) is 0.780. The third-order valence-electron chi connectivity index (χ3n) is 5.03. The van der Waals surface area contributed by atoms with Crippen molar-refractivity contribution in [1.82, 2.24) is 14.9 Å². The maximum atomic E-state index is 12.3. The molecule has 0 bridgehead atoms. The summed E-state index contributed by atoms with van der Waals surface area (Å²) in [6.07, 6.45) is 3.84. The summed E-state index contributed by atoms with van der Waals surface area (Å²) in [6, 6.07) is 0.202. The van der Waals surface area contributed by atoms with Crippen molar-refractivity contribution in [2.24, 2.45) is 5.92 Å². The van der Waals surface area contributed by atoms with E-state index < -0.39 is 15.8 Å². The van der Waals surface area contributed by atoms with Gasteiger partial charge in [0.1, 0.15) is 5.75 Å². The molecule has 2 N–H and O–H groups in total. The number of hydrogen-bond acceptors (Lipinski definition) is 4. The van der Waals surface area contributed by atoms with Crippen LogP contribution < -0.4 is 10.0 Å². The topological polar surface area (TPSA) is 78.5 Å². The standard InChI is InChI=1S/C15H29N3O3S.ClH/c1-11-4-6-14(7-5-11)17-22(20,21)10-15(19)18-9-8-16-12(2)13(18)3;/h11-14,16-17H,4-10H2,1-3H3;1H. The number of halogens is 1. The molecule has 1 heterocycles. The van der Waals surface area contributed by atoms with Crippen LogP contribution in [0.2, 0.25) is 0 Å². The Hall–Kier alpha value is -0.370. The average Bonchev–Trinajstić information content (AvgIpc) is 2.43. The van der Waals surface area contributed by atoms with Crippen LogP contribution in [0.5, 0.6) is 0 Å². The van der Waals surface area contributed by atoms with Gasteiger partial charge in [0.15, 0.2) is 0 Å². The molecular formula is C15H30ClN3O3S. The molecule has 0 radical (unpaired) electrons. The van der Waals surface area contributed by atoms with Crippen LogP contribution in [0.4, 0.5) is 0 Å². The lowest BCUT2D eigenvalue weighted by molar-refractivity contribution is -0.132. The second-order valence-corrected chi connectivity index (χ2v) is 8.66. The lowest BCUT2D eigenvalue weighted by Crippen LogP contribution is -2.58. The van der Waals surface area contributed by atoms with Crippen LogP contribution in [0, 0.1) is 5.92 Å². The Bertz CT molecular complexity index is 492. The van der Waals surface area contributed by atoms with Gasteiger partial charge in [-0.15, -0.1) is 12.4 Å². The highest BCUT2D eigenvalue weighted by Gasteiger charge is 2.31. The number of sulfonamides is 1. The van der Waals surface area contributed by atoms with E-state index in [1.165, 1.54) is 0 Å². The fourth-order valence-corrected chi connectivity index (χ4v) is 4.65. The molecule has 0 spiro atoms. The van der Waals surface area contributed by atoms with Crippen LogP contribution in [0.15, 0.2) is 0 Å². The Labute approximate surface area is 146 Å². The minimum atomic E-state index is -3.55. The van der Waals surface area contributed by atoms with Gasteiger partial charge in [0.25, 0.3) is 0 Å². The highest BCUT2D eigenvalue weighted by atomic mass is 35.5. The predicted octanol–water partition coefficient (Wildman–Crippen LogP) is 1.12. The Kier molecular flexibility index (Phi) is 7.77. The molecule has 23 heavy (non-hydrogen) atoms. The number of nitrogens with zero attached hydrogens (tertiary/aromatic N) is 1. The zero-order valence-electron chi connectivity index (χ0n) is 14.2. The van der Waals surface area contributed by atoms with Gasteiger partial charge in [0, 0.05) is 31.2 Å². The van der Waals surface area contributed by atoms with E-state index in [0.717, 1.165) is 25.7 Å². The minimum Gasteiger partial charge on any atom is -0.336 e. The maximum absolute atomic E-state index is 12.3. The molecule has 1 aliphatic heterocycles. The first-order valence-corrected chi connectivity index (χ1v) is 9.96. The van der Waals surface area contributed by atoms with E-state index in [4.69, 9.17) is 0 Å². The lowest BCUT2D eigenvalue weighted by Gasteiger charge is -2.38. The first-order chi connectivity index (χ1) is 10.3. The first kappa shape index (κ1) is 20.7. The minimum absolute atomic E-state index is 0. The van der Waals surface area contributed by atoms with Crippen molar-refractivity contribution in [3.8, 4) is 0 Å². The van der Waals surface area contributed by atoms with Gasteiger partial charge in [0.2, 0.25) is 15.9 Å². The van der Waals surface area contributed by atoms with Gasteiger partial charge in [-0.3, -0.25) is 4.79 Å². The summed E-state index contributed by atoms with van der Waals surface area (Å²) < 4.78 is 27.2. The molecule has 136 valence electrons. The SMILES string of the molecule is CC1CCC(NS(=O)(=O)CC(=O)N2CCNC(C)C2C)CC1.Cl. The summed E-state index contributed by atoms with van der Waals surface area (Å²) in [5, 5.41) is 3.29. The van der Waals surface area contributed by atoms with Gasteiger partial charge in [-0.2, -0.15) is 0 Å². The molecule has 0 aromatic heterocycles. The maximum Gasteiger partial charge on any atom is 0.239 e. The molecule has 1 aliphatic carbocycles. The summed E-state index contributed by atoms with van der Waals surface area (Å²) in [7, 11) is -3.55. The van der Waals surface area contributed by atoms with Crippen LogP contribution >= 0.6 is 12.4 Å². The largest absolute Gasteiger partial charge is 0.336 e.